The van der Waals surface area contributed by atoms with E-state index >= 15 is 4.39 Å². The number of hydrogen-bond donors (Lipinski definition) is 0. The summed E-state index contributed by atoms with van der Waals surface area (Å²) in [7, 11) is 0. The van der Waals surface area contributed by atoms with Gasteiger partial charge in [0.2, 0.25) is 0 Å². The number of halogens is 5. The molecule has 0 unspecified atom stereocenters. The first kappa shape index (κ1) is 28.3. The Kier molecular flexibility index (Phi) is 9.38. The van der Waals surface area contributed by atoms with Crippen molar-refractivity contribution in [3.05, 3.63) is 101 Å². The van der Waals surface area contributed by atoms with Crippen molar-refractivity contribution in [2.75, 3.05) is 13.2 Å². The van der Waals surface area contributed by atoms with E-state index in [0.29, 0.717) is 36.0 Å². The summed E-state index contributed by atoms with van der Waals surface area (Å²) in [6, 6.07) is 16.9. The number of alkyl halides is 3. The number of aryl methyl sites for hydroxylation is 4. The second-order valence-corrected chi connectivity index (χ2v) is 9.45. The van der Waals surface area contributed by atoms with Gasteiger partial charge in [0.15, 0.2) is 18.2 Å². The molecule has 1 heterocycles. The molecule has 0 aliphatic carbocycles. The molecule has 1 aromatic heterocycles. The molecule has 3 nitrogen and oxygen atoms in total. The highest BCUT2D eigenvalue weighted by molar-refractivity contribution is 5.84. The van der Waals surface area contributed by atoms with Crippen molar-refractivity contribution < 1.29 is 31.4 Å². The molecule has 0 spiro atoms. The third-order valence-electron chi connectivity index (χ3n) is 6.40. The largest absolute Gasteiger partial charge is 0.492 e. The molecule has 0 atom stereocenters. The Balaban J connectivity index is 1.35. The van der Waals surface area contributed by atoms with Crippen LogP contribution in [0, 0.1) is 11.6 Å². The monoisotopic (exact) mass is 543 g/mol. The van der Waals surface area contributed by atoms with Crippen LogP contribution in [0.4, 0.5) is 22.0 Å². The lowest BCUT2D eigenvalue weighted by atomic mass is 9.98. The van der Waals surface area contributed by atoms with Gasteiger partial charge in [0.25, 0.3) is 0 Å². The van der Waals surface area contributed by atoms with E-state index in [0.717, 1.165) is 54.1 Å². The van der Waals surface area contributed by atoms with E-state index in [4.69, 9.17) is 4.74 Å². The fourth-order valence-corrected chi connectivity index (χ4v) is 4.24. The van der Waals surface area contributed by atoms with E-state index in [-0.39, 0.29) is 5.82 Å². The van der Waals surface area contributed by atoms with Crippen LogP contribution >= 0.6 is 0 Å². The van der Waals surface area contributed by atoms with E-state index in [1.54, 1.807) is 18.3 Å². The van der Waals surface area contributed by atoms with Crippen molar-refractivity contribution >= 4 is 10.8 Å². The molecule has 4 aromatic rings. The topological polar surface area (TPSA) is 31.4 Å². The summed E-state index contributed by atoms with van der Waals surface area (Å²) < 4.78 is 76.4. The van der Waals surface area contributed by atoms with Crippen LogP contribution in [0.1, 0.15) is 42.1 Å². The molecule has 0 fully saturated rings. The number of ether oxygens (including phenoxy) is 2. The Labute approximate surface area is 224 Å². The van der Waals surface area contributed by atoms with Gasteiger partial charge in [-0.2, -0.15) is 13.2 Å². The van der Waals surface area contributed by atoms with E-state index in [1.807, 2.05) is 30.3 Å². The minimum Gasteiger partial charge on any atom is -0.492 e. The summed E-state index contributed by atoms with van der Waals surface area (Å²) in [6.07, 6.45) is 1.43. The predicted molar refractivity (Wildman–Crippen MR) is 141 cm³/mol. The molecular formula is C31H30F5NO2. The number of hydrogen-bond acceptors (Lipinski definition) is 3. The third-order valence-corrected chi connectivity index (χ3v) is 6.40. The molecule has 0 saturated heterocycles. The molecule has 0 aliphatic heterocycles. The van der Waals surface area contributed by atoms with Crippen LogP contribution in [-0.2, 0) is 25.7 Å². The summed E-state index contributed by atoms with van der Waals surface area (Å²) in [5, 5.41) is 1.30. The van der Waals surface area contributed by atoms with Crippen LogP contribution in [0.2, 0.25) is 0 Å². The van der Waals surface area contributed by atoms with Crippen molar-refractivity contribution in [1.82, 2.24) is 4.98 Å². The van der Waals surface area contributed by atoms with Crippen LogP contribution in [0.3, 0.4) is 0 Å². The maximum absolute atomic E-state index is 15.2. The Morgan fingerprint density at radius 2 is 1.56 bits per heavy atom. The molecule has 0 amide bonds. The lowest BCUT2D eigenvalue weighted by Gasteiger charge is -2.11. The van der Waals surface area contributed by atoms with Gasteiger partial charge in [-0.15, -0.1) is 0 Å². The van der Waals surface area contributed by atoms with Crippen LogP contribution in [0.25, 0.3) is 10.8 Å². The average Bonchev–Trinajstić information content (AvgIpc) is 2.91. The maximum atomic E-state index is 15.2. The quantitative estimate of drug-likeness (QED) is 0.133. The zero-order valence-electron chi connectivity index (χ0n) is 21.7. The second kappa shape index (κ2) is 12.9. The number of benzene rings is 3. The lowest BCUT2D eigenvalue weighted by Crippen LogP contribution is -2.19. The summed E-state index contributed by atoms with van der Waals surface area (Å²) in [5.74, 6) is -0.908. The van der Waals surface area contributed by atoms with Crippen LogP contribution in [0.5, 0.6) is 11.5 Å². The smallest absolute Gasteiger partial charge is 0.422 e. The van der Waals surface area contributed by atoms with Gasteiger partial charge in [-0.05, 0) is 78.4 Å². The molecule has 3 aromatic carbocycles. The highest BCUT2D eigenvalue weighted by Gasteiger charge is 2.29. The fraction of sp³-hybridized carbons (Fsp3) is 0.323. The number of fused-ring (bicyclic) bond motifs is 1. The van der Waals surface area contributed by atoms with Gasteiger partial charge in [0.1, 0.15) is 11.6 Å². The van der Waals surface area contributed by atoms with Gasteiger partial charge in [-0.1, -0.05) is 49.7 Å². The number of nitrogens with zero attached hydrogens (tertiary/aromatic N) is 1. The van der Waals surface area contributed by atoms with Gasteiger partial charge >= 0.3 is 6.18 Å². The van der Waals surface area contributed by atoms with Crippen molar-refractivity contribution in [2.24, 2.45) is 0 Å². The summed E-state index contributed by atoms with van der Waals surface area (Å²) in [5.41, 5.74) is 3.05. The first-order chi connectivity index (χ1) is 18.7. The zero-order chi connectivity index (χ0) is 27.8. The van der Waals surface area contributed by atoms with E-state index < -0.39 is 24.3 Å². The standard InChI is InChI=1S/C31H30F5NO2/c1-2-3-16-38-26-13-12-25(37-19-26)11-5-21-6-14-27-24(17-21)10-9-23(30(27)33)8-4-22-7-15-29(28(32)18-22)39-20-31(34,35)36/h6-7,9-10,12-15,17-19H,2-5,8,11,16,20H2,1H3. The van der Waals surface area contributed by atoms with Gasteiger partial charge in [0, 0.05) is 11.1 Å². The minimum atomic E-state index is -4.55. The highest BCUT2D eigenvalue weighted by atomic mass is 19.4. The van der Waals surface area contributed by atoms with Crippen LogP contribution in [0.15, 0.2) is 66.9 Å². The maximum Gasteiger partial charge on any atom is 0.422 e. The average molecular weight is 544 g/mol. The van der Waals surface area contributed by atoms with Crippen molar-refractivity contribution in [3.8, 4) is 11.5 Å². The van der Waals surface area contributed by atoms with E-state index in [1.165, 1.54) is 12.1 Å². The summed E-state index contributed by atoms with van der Waals surface area (Å²) >= 11 is 0. The van der Waals surface area contributed by atoms with Crippen molar-refractivity contribution in [3.63, 3.8) is 0 Å². The molecule has 0 N–H and O–H groups in total. The Bertz CT molecular complexity index is 1390. The molecule has 0 radical (unpaired) electrons. The Morgan fingerprint density at radius 1 is 0.795 bits per heavy atom. The first-order valence-corrected chi connectivity index (χ1v) is 13.0. The molecule has 0 aliphatic rings. The highest BCUT2D eigenvalue weighted by Crippen LogP contribution is 2.26. The Hall–Kier alpha value is -3.68. The summed E-state index contributed by atoms with van der Waals surface area (Å²) in [4.78, 5) is 4.47. The number of pyridine rings is 1. The lowest BCUT2D eigenvalue weighted by molar-refractivity contribution is -0.153. The molecule has 39 heavy (non-hydrogen) atoms. The molecule has 206 valence electrons. The van der Waals surface area contributed by atoms with Gasteiger partial charge < -0.3 is 9.47 Å². The van der Waals surface area contributed by atoms with Gasteiger partial charge in [-0.3, -0.25) is 4.98 Å². The normalized spacial score (nSPS) is 11.6. The van der Waals surface area contributed by atoms with Gasteiger partial charge in [-0.25, -0.2) is 8.78 Å². The number of unbranched alkanes of at least 4 members (excludes halogenated alkanes) is 1. The summed E-state index contributed by atoms with van der Waals surface area (Å²) in [6.45, 7) is 1.23. The molecule has 8 heteroatoms. The SMILES string of the molecule is CCCCOc1ccc(CCc2ccc3c(F)c(CCc4ccc(OCC(F)(F)F)c(F)c4)ccc3c2)nc1. The Morgan fingerprint density at radius 3 is 2.28 bits per heavy atom. The minimum absolute atomic E-state index is 0.315. The van der Waals surface area contributed by atoms with Crippen molar-refractivity contribution in [1.29, 1.82) is 0 Å². The van der Waals surface area contributed by atoms with Gasteiger partial charge in [0.05, 0.1) is 12.8 Å². The predicted octanol–water partition coefficient (Wildman–Crippen LogP) is 8.20. The van der Waals surface area contributed by atoms with E-state index in [9.17, 15) is 17.6 Å². The van der Waals surface area contributed by atoms with Crippen molar-refractivity contribution in [2.45, 2.75) is 51.6 Å². The van der Waals surface area contributed by atoms with Crippen LogP contribution < -0.4 is 9.47 Å². The molecule has 4 rings (SSSR count). The first-order valence-electron chi connectivity index (χ1n) is 13.0. The number of aromatic nitrogens is 1. The molecule has 0 saturated carbocycles. The second-order valence-electron chi connectivity index (χ2n) is 9.45. The molecular weight excluding hydrogens is 513 g/mol. The molecule has 0 bridgehead atoms. The van der Waals surface area contributed by atoms with Crippen LogP contribution in [-0.4, -0.2) is 24.4 Å². The van der Waals surface area contributed by atoms with E-state index in [2.05, 4.69) is 16.6 Å². The number of rotatable bonds is 12. The zero-order valence-corrected chi connectivity index (χ0v) is 21.7. The fourth-order valence-electron chi connectivity index (χ4n) is 4.24. The third kappa shape index (κ3) is 8.15.